The van der Waals surface area contributed by atoms with Crippen LogP contribution in [-0.4, -0.2) is 35.9 Å². The van der Waals surface area contributed by atoms with Gasteiger partial charge >= 0.3 is 0 Å². The summed E-state index contributed by atoms with van der Waals surface area (Å²) in [4.78, 5) is 18.6. The molecule has 1 fully saturated rings. The average Bonchev–Trinajstić information content (AvgIpc) is 2.46. The average molecular weight is 261 g/mol. The first-order chi connectivity index (χ1) is 9.13. The molecule has 0 aliphatic heterocycles. The summed E-state index contributed by atoms with van der Waals surface area (Å²) in [5, 5.41) is 3.04. The topological polar surface area (TPSA) is 45.2 Å². The van der Waals surface area contributed by atoms with Crippen molar-refractivity contribution >= 4 is 11.6 Å². The first-order valence-corrected chi connectivity index (χ1v) is 7.04. The number of pyridine rings is 1. The van der Waals surface area contributed by atoms with Gasteiger partial charge in [-0.1, -0.05) is 19.8 Å². The van der Waals surface area contributed by atoms with Crippen molar-refractivity contribution in [3.8, 4) is 0 Å². The molecule has 0 spiro atoms. The van der Waals surface area contributed by atoms with Crippen LogP contribution in [0.5, 0.6) is 0 Å². The highest BCUT2D eigenvalue weighted by atomic mass is 16.2. The maximum atomic E-state index is 12.5. The van der Waals surface area contributed by atoms with E-state index in [0.717, 1.165) is 12.1 Å². The number of hydrogen-bond acceptors (Lipinski definition) is 3. The monoisotopic (exact) mass is 261 g/mol. The zero-order valence-electron chi connectivity index (χ0n) is 12.0. The fourth-order valence-corrected chi connectivity index (χ4v) is 2.91. The zero-order chi connectivity index (χ0) is 13.8. The Morgan fingerprint density at radius 3 is 2.84 bits per heavy atom. The molecule has 4 heteroatoms. The van der Waals surface area contributed by atoms with E-state index < -0.39 is 0 Å². The van der Waals surface area contributed by atoms with Crippen LogP contribution in [0.4, 0.5) is 5.69 Å². The number of carbonyl (C=O) groups is 1. The lowest BCUT2D eigenvalue weighted by Gasteiger charge is -2.36. The number of rotatable bonds is 3. The first kappa shape index (κ1) is 13.8. The van der Waals surface area contributed by atoms with Crippen LogP contribution in [0.1, 0.15) is 43.1 Å². The molecule has 2 rings (SSSR count). The summed E-state index contributed by atoms with van der Waals surface area (Å²) in [6, 6.07) is 4.02. The van der Waals surface area contributed by atoms with E-state index >= 15 is 0 Å². The van der Waals surface area contributed by atoms with Crippen LogP contribution in [0.2, 0.25) is 0 Å². The molecule has 0 saturated heterocycles. The molecule has 2 unspecified atom stereocenters. The van der Waals surface area contributed by atoms with Gasteiger partial charge in [-0.2, -0.15) is 0 Å². The SMILES string of the molecule is CNc1ccnc(C(=O)N(C)C2CCCCC2C)c1. The third kappa shape index (κ3) is 3.06. The van der Waals surface area contributed by atoms with E-state index in [2.05, 4.69) is 17.2 Å². The van der Waals surface area contributed by atoms with Gasteiger partial charge < -0.3 is 10.2 Å². The molecule has 2 atom stereocenters. The van der Waals surface area contributed by atoms with Crippen molar-refractivity contribution in [3.05, 3.63) is 24.0 Å². The zero-order valence-corrected chi connectivity index (χ0v) is 12.0. The smallest absolute Gasteiger partial charge is 0.272 e. The lowest BCUT2D eigenvalue weighted by atomic mass is 9.85. The van der Waals surface area contributed by atoms with Crippen molar-refractivity contribution in [2.75, 3.05) is 19.4 Å². The summed E-state index contributed by atoms with van der Waals surface area (Å²) in [7, 11) is 3.75. The van der Waals surface area contributed by atoms with Gasteiger partial charge in [-0.05, 0) is 30.9 Å². The molecule has 1 aliphatic rings. The Hall–Kier alpha value is -1.58. The molecule has 4 nitrogen and oxygen atoms in total. The Balaban J connectivity index is 2.13. The second kappa shape index (κ2) is 6.04. The van der Waals surface area contributed by atoms with Gasteiger partial charge in [0.15, 0.2) is 0 Å². The van der Waals surface area contributed by atoms with Crippen LogP contribution >= 0.6 is 0 Å². The number of nitrogens with one attached hydrogen (secondary N) is 1. The molecule has 1 N–H and O–H groups in total. The van der Waals surface area contributed by atoms with E-state index in [1.807, 2.05) is 31.1 Å². The molecule has 0 bridgehead atoms. The molecule has 1 amide bonds. The molecule has 1 aromatic rings. The molecule has 1 aliphatic carbocycles. The third-order valence-corrected chi connectivity index (χ3v) is 4.15. The fourth-order valence-electron chi connectivity index (χ4n) is 2.91. The number of carbonyl (C=O) groups excluding carboxylic acids is 1. The summed E-state index contributed by atoms with van der Waals surface area (Å²) in [5.41, 5.74) is 1.44. The first-order valence-electron chi connectivity index (χ1n) is 7.04. The van der Waals surface area contributed by atoms with Crippen LogP contribution in [0.3, 0.4) is 0 Å². The maximum Gasteiger partial charge on any atom is 0.272 e. The highest BCUT2D eigenvalue weighted by Gasteiger charge is 2.28. The van der Waals surface area contributed by atoms with Gasteiger partial charge in [-0.25, -0.2) is 0 Å². The highest BCUT2D eigenvalue weighted by molar-refractivity contribution is 5.93. The fraction of sp³-hybridized carbons (Fsp3) is 0.600. The molecule has 1 saturated carbocycles. The number of anilines is 1. The van der Waals surface area contributed by atoms with E-state index in [9.17, 15) is 4.79 Å². The Bertz CT molecular complexity index is 447. The van der Waals surface area contributed by atoms with Gasteiger partial charge in [0.1, 0.15) is 5.69 Å². The van der Waals surface area contributed by atoms with Crippen molar-refractivity contribution in [1.29, 1.82) is 0 Å². The van der Waals surface area contributed by atoms with Crippen LogP contribution in [0.25, 0.3) is 0 Å². The highest BCUT2D eigenvalue weighted by Crippen LogP contribution is 2.28. The largest absolute Gasteiger partial charge is 0.388 e. The van der Waals surface area contributed by atoms with Gasteiger partial charge in [-0.3, -0.25) is 9.78 Å². The third-order valence-electron chi connectivity index (χ3n) is 4.15. The second-order valence-corrected chi connectivity index (χ2v) is 5.42. The van der Waals surface area contributed by atoms with Gasteiger partial charge in [0, 0.05) is 32.0 Å². The number of nitrogens with zero attached hydrogens (tertiary/aromatic N) is 2. The Morgan fingerprint density at radius 1 is 1.42 bits per heavy atom. The molecular formula is C15H23N3O. The predicted molar refractivity (Wildman–Crippen MR) is 77.3 cm³/mol. The van der Waals surface area contributed by atoms with Crippen molar-refractivity contribution in [1.82, 2.24) is 9.88 Å². The van der Waals surface area contributed by atoms with Gasteiger partial charge in [0.25, 0.3) is 5.91 Å². The number of amides is 1. The minimum absolute atomic E-state index is 0.0239. The van der Waals surface area contributed by atoms with E-state index in [0.29, 0.717) is 17.7 Å². The van der Waals surface area contributed by atoms with Gasteiger partial charge in [-0.15, -0.1) is 0 Å². The molecule has 1 aromatic heterocycles. The molecule has 104 valence electrons. The van der Waals surface area contributed by atoms with Crippen molar-refractivity contribution in [3.63, 3.8) is 0 Å². The normalized spacial score (nSPS) is 22.9. The number of aromatic nitrogens is 1. The Morgan fingerprint density at radius 2 is 2.16 bits per heavy atom. The van der Waals surface area contributed by atoms with E-state index in [4.69, 9.17) is 0 Å². The Kier molecular flexibility index (Phi) is 4.40. The summed E-state index contributed by atoms with van der Waals surface area (Å²) < 4.78 is 0. The molecule has 1 heterocycles. The standard InChI is InChI=1S/C15H23N3O/c1-11-6-4-5-7-14(11)18(3)15(19)13-10-12(16-2)8-9-17-13/h8-11,14H,4-7H2,1-3H3,(H,16,17). The van der Waals surface area contributed by atoms with Crippen LogP contribution in [0, 0.1) is 5.92 Å². The number of hydrogen-bond donors (Lipinski definition) is 1. The minimum atomic E-state index is 0.0239. The molecule has 0 aromatic carbocycles. The van der Waals surface area contributed by atoms with E-state index in [-0.39, 0.29) is 5.91 Å². The molecule has 0 radical (unpaired) electrons. The predicted octanol–water partition coefficient (Wildman–Crippen LogP) is 2.77. The van der Waals surface area contributed by atoms with Crippen LogP contribution in [-0.2, 0) is 0 Å². The van der Waals surface area contributed by atoms with E-state index in [1.165, 1.54) is 19.3 Å². The maximum absolute atomic E-state index is 12.5. The van der Waals surface area contributed by atoms with Crippen molar-refractivity contribution < 1.29 is 4.79 Å². The lowest BCUT2D eigenvalue weighted by Crippen LogP contribution is -2.42. The Labute approximate surface area is 115 Å². The summed E-state index contributed by atoms with van der Waals surface area (Å²) in [6.07, 6.45) is 6.50. The molecule has 19 heavy (non-hydrogen) atoms. The summed E-state index contributed by atoms with van der Waals surface area (Å²) in [6.45, 7) is 2.24. The van der Waals surface area contributed by atoms with Gasteiger partial charge in [0.05, 0.1) is 0 Å². The lowest BCUT2D eigenvalue weighted by molar-refractivity contribution is 0.0623. The minimum Gasteiger partial charge on any atom is -0.388 e. The quantitative estimate of drug-likeness (QED) is 0.910. The summed E-state index contributed by atoms with van der Waals surface area (Å²) >= 11 is 0. The molecular weight excluding hydrogens is 238 g/mol. The van der Waals surface area contributed by atoms with Crippen molar-refractivity contribution in [2.24, 2.45) is 5.92 Å². The summed E-state index contributed by atoms with van der Waals surface area (Å²) in [5.74, 6) is 0.603. The van der Waals surface area contributed by atoms with Crippen molar-refractivity contribution in [2.45, 2.75) is 38.6 Å². The second-order valence-electron chi connectivity index (χ2n) is 5.42. The van der Waals surface area contributed by atoms with Crippen LogP contribution < -0.4 is 5.32 Å². The van der Waals surface area contributed by atoms with Crippen LogP contribution in [0.15, 0.2) is 18.3 Å². The van der Waals surface area contributed by atoms with Gasteiger partial charge in [0.2, 0.25) is 0 Å². The van der Waals surface area contributed by atoms with E-state index in [1.54, 1.807) is 6.20 Å².